The zero-order chi connectivity index (χ0) is 12.5. The fourth-order valence-electron chi connectivity index (χ4n) is 2.15. The van der Waals surface area contributed by atoms with Crippen molar-refractivity contribution in [2.75, 3.05) is 33.4 Å². The first-order valence-electron chi connectivity index (χ1n) is 6.38. The van der Waals surface area contributed by atoms with Crippen molar-refractivity contribution in [2.24, 2.45) is 5.92 Å². The van der Waals surface area contributed by atoms with Crippen LogP contribution in [-0.4, -0.2) is 50.5 Å². The summed E-state index contributed by atoms with van der Waals surface area (Å²) in [6, 6.07) is 0. The summed E-state index contributed by atoms with van der Waals surface area (Å²) in [5.74, 6) is 0.280. The van der Waals surface area contributed by atoms with E-state index >= 15 is 0 Å². The van der Waals surface area contributed by atoms with Gasteiger partial charge in [-0.05, 0) is 18.8 Å². The molecule has 0 aromatic carbocycles. The molecular formula is C12H24N2O3. The Morgan fingerprint density at radius 1 is 1.41 bits per heavy atom. The third kappa shape index (κ3) is 6.00. The Bertz CT molecular complexity index is 224. The maximum atomic E-state index is 11.3. The first-order valence-corrected chi connectivity index (χ1v) is 6.38. The zero-order valence-electron chi connectivity index (χ0n) is 10.6. The number of hydrogen-bond donors (Lipinski definition) is 3. The van der Waals surface area contributed by atoms with Gasteiger partial charge in [0.05, 0.1) is 19.3 Å². The van der Waals surface area contributed by atoms with Gasteiger partial charge < -0.3 is 20.5 Å². The highest BCUT2D eigenvalue weighted by Crippen LogP contribution is 2.23. The Labute approximate surface area is 103 Å². The molecular weight excluding hydrogens is 220 g/mol. The lowest BCUT2D eigenvalue weighted by atomic mass is 9.86. The third-order valence-electron chi connectivity index (χ3n) is 3.19. The third-order valence-corrected chi connectivity index (χ3v) is 3.19. The number of methoxy groups -OCH3 is 1. The minimum atomic E-state index is -0.201. The van der Waals surface area contributed by atoms with Crippen LogP contribution in [-0.2, 0) is 9.53 Å². The van der Waals surface area contributed by atoms with Crippen LogP contribution in [0, 0.1) is 5.92 Å². The van der Waals surface area contributed by atoms with Crippen LogP contribution in [0.15, 0.2) is 0 Å². The number of carbonyl (C=O) groups excluding carboxylic acids is 1. The Morgan fingerprint density at radius 3 is 2.88 bits per heavy atom. The van der Waals surface area contributed by atoms with Crippen LogP contribution in [0.4, 0.5) is 0 Å². The van der Waals surface area contributed by atoms with Gasteiger partial charge in [0.1, 0.15) is 0 Å². The normalized spacial score (nSPS) is 24.6. The lowest BCUT2D eigenvalue weighted by molar-refractivity contribution is -0.120. The van der Waals surface area contributed by atoms with Crippen molar-refractivity contribution in [3.05, 3.63) is 0 Å². The first kappa shape index (κ1) is 14.4. The predicted molar refractivity (Wildman–Crippen MR) is 65.7 cm³/mol. The molecule has 17 heavy (non-hydrogen) atoms. The number of aliphatic hydroxyl groups excluding tert-OH is 1. The monoisotopic (exact) mass is 244 g/mol. The molecule has 0 saturated heterocycles. The van der Waals surface area contributed by atoms with E-state index in [1.807, 2.05) is 0 Å². The van der Waals surface area contributed by atoms with E-state index in [0.29, 0.717) is 25.6 Å². The number of ether oxygens (including phenoxy) is 1. The van der Waals surface area contributed by atoms with Crippen LogP contribution in [0.3, 0.4) is 0 Å². The molecule has 0 aromatic heterocycles. The number of aliphatic hydroxyl groups is 1. The van der Waals surface area contributed by atoms with Crippen molar-refractivity contribution in [1.29, 1.82) is 0 Å². The lowest BCUT2D eigenvalue weighted by Crippen LogP contribution is -2.40. The summed E-state index contributed by atoms with van der Waals surface area (Å²) in [5.41, 5.74) is 0. The van der Waals surface area contributed by atoms with Crippen LogP contribution in [0.5, 0.6) is 0 Å². The van der Waals surface area contributed by atoms with E-state index in [0.717, 1.165) is 25.8 Å². The molecule has 0 aliphatic heterocycles. The Morgan fingerprint density at radius 2 is 2.18 bits per heavy atom. The molecule has 3 N–H and O–H groups in total. The molecule has 1 amide bonds. The average molecular weight is 244 g/mol. The van der Waals surface area contributed by atoms with Gasteiger partial charge in [0.15, 0.2) is 0 Å². The van der Waals surface area contributed by atoms with Crippen LogP contribution in [0.1, 0.15) is 25.7 Å². The Kier molecular flexibility index (Phi) is 7.16. The molecule has 1 aliphatic rings. The topological polar surface area (TPSA) is 70.6 Å². The number of nitrogens with one attached hydrogen (secondary N) is 2. The number of rotatable bonds is 7. The fourth-order valence-corrected chi connectivity index (χ4v) is 2.15. The maximum Gasteiger partial charge on any atom is 0.234 e. The summed E-state index contributed by atoms with van der Waals surface area (Å²) in [5, 5.41) is 15.6. The molecule has 0 bridgehead atoms. The molecule has 0 spiro atoms. The van der Waals surface area contributed by atoms with E-state index < -0.39 is 0 Å². The van der Waals surface area contributed by atoms with Crippen molar-refractivity contribution in [3.8, 4) is 0 Å². The Hall–Kier alpha value is -0.650. The summed E-state index contributed by atoms with van der Waals surface area (Å²) in [6.07, 6.45) is 4.05. The quantitative estimate of drug-likeness (QED) is 0.547. The number of hydrogen-bond acceptors (Lipinski definition) is 4. The first-order chi connectivity index (χ1) is 8.24. The van der Waals surface area contributed by atoms with Gasteiger partial charge in [-0.3, -0.25) is 4.79 Å². The van der Waals surface area contributed by atoms with Crippen molar-refractivity contribution in [3.63, 3.8) is 0 Å². The SMILES string of the molecule is COCCNC(=O)CNCC1CCCCC1O. The second-order valence-electron chi connectivity index (χ2n) is 4.59. The van der Waals surface area contributed by atoms with E-state index in [1.54, 1.807) is 7.11 Å². The fraction of sp³-hybridized carbons (Fsp3) is 0.917. The summed E-state index contributed by atoms with van der Waals surface area (Å²) >= 11 is 0. The average Bonchev–Trinajstić information content (AvgIpc) is 2.32. The van der Waals surface area contributed by atoms with Gasteiger partial charge in [0, 0.05) is 20.2 Å². The predicted octanol–water partition coefficient (Wildman–Crippen LogP) is -0.110. The van der Waals surface area contributed by atoms with Crippen molar-refractivity contribution in [2.45, 2.75) is 31.8 Å². The van der Waals surface area contributed by atoms with Gasteiger partial charge >= 0.3 is 0 Å². The number of amides is 1. The highest BCUT2D eigenvalue weighted by atomic mass is 16.5. The lowest BCUT2D eigenvalue weighted by Gasteiger charge is -2.27. The van der Waals surface area contributed by atoms with Crippen LogP contribution >= 0.6 is 0 Å². The molecule has 5 heteroatoms. The molecule has 5 nitrogen and oxygen atoms in total. The highest BCUT2D eigenvalue weighted by molar-refractivity contribution is 5.77. The maximum absolute atomic E-state index is 11.3. The van der Waals surface area contributed by atoms with Crippen LogP contribution in [0.25, 0.3) is 0 Å². The zero-order valence-corrected chi connectivity index (χ0v) is 10.6. The summed E-state index contributed by atoms with van der Waals surface area (Å²) in [4.78, 5) is 11.3. The van der Waals surface area contributed by atoms with Crippen molar-refractivity contribution >= 4 is 5.91 Å². The largest absolute Gasteiger partial charge is 0.393 e. The summed E-state index contributed by atoms with van der Waals surface area (Å²) in [6.45, 7) is 2.11. The molecule has 1 saturated carbocycles. The molecule has 0 radical (unpaired) electrons. The molecule has 0 heterocycles. The van der Waals surface area contributed by atoms with Crippen molar-refractivity contribution < 1.29 is 14.6 Å². The van der Waals surface area contributed by atoms with Gasteiger partial charge in [-0.25, -0.2) is 0 Å². The van der Waals surface area contributed by atoms with Gasteiger partial charge in [-0.15, -0.1) is 0 Å². The minimum absolute atomic E-state index is 0.0210. The standard InChI is InChI=1S/C12H24N2O3/c1-17-7-6-14-12(16)9-13-8-10-4-2-3-5-11(10)15/h10-11,13,15H,2-9H2,1H3,(H,14,16). The summed E-state index contributed by atoms with van der Waals surface area (Å²) in [7, 11) is 1.61. The molecule has 1 aliphatic carbocycles. The van der Waals surface area contributed by atoms with E-state index in [4.69, 9.17) is 4.74 Å². The Balaban J connectivity index is 2.04. The summed E-state index contributed by atoms with van der Waals surface area (Å²) < 4.78 is 4.84. The van der Waals surface area contributed by atoms with Crippen molar-refractivity contribution in [1.82, 2.24) is 10.6 Å². The van der Waals surface area contributed by atoms with E-state index in [1.165, 1.54) is 6.42 Å². The molecule has 1 rings (SSSR count). The van der Waals surface area contributed by atoms with Gasteiger partial charge in [-0.1, -0.05) is 12.8 Å². The van der Waals surface area contributed by atoms with Gasteiger partial charge in [0.25, 0.3) is 0 Å². The van der Waals surface area contributed by atoms with E-state index in [2.05, 4.69) is 10.6 Å². The molecule has 2 atom stereocenters. The van der Waals surface area contributed by atoms with Crippen LogP contribution < -0.4 is 10.6 Å². The van der Waals surface area contributed by atoms with Crippen LogP contribution in [0.2, 0.25) is 0 Å². The highest BCUT2D eigenvalue weighted by Gasteiger charge is 2.22. The van der Waals surface area contributed by atoms with E-state index in [-0.39, 0.29) is 12.0 Å². The second-order valence-corrected chi connectivity index (χ2v) is 4.59. The smallest absolute Gasteiger partial charge is 0.234 e. The van der Waals surface area contributed by atoms with Gasteiger partial charge in [0.2, 0.25) is 5.91 Å². The molecule has 0 aromatic rings. The van der Waals surface area contributed by atoms with Gasteiger partial charge in [-0.2, -0.15) is 0 Å². The van der Waals surface area contributed by atoms with E-state index in [9.17, 15) is 9.90 Å². The minimum Gasteiger partial charge on any atom is -0.393 e. The molecule has 2 unspecified atom stereocenters. The molecule has 100 valence electrons. The number of carbonyl (C=O) groups is 1. The molecule has 1 fully saturated rings. The second kappa shape index (κ2) is 8.44.